The van der Waals surface area contributed by atoms with Gasteiger partial charge in [-0.1, -0.05) is 34.1 Å². The Labute approximate surface area is 136 Å². The lowest BCUT2D eigenvalue weighted by Crippen LogP contribution is -2.17. The molecule has 2 aromatic carbocycles. The van der Waals surface area contributed by atoms with Crippen molar-refractivity contribution in [1.29, 1.82) is 0 Å². The highest BCUT2D eigenvalue weighted by atomic mass is 79.9. The summed E-state index contributed by atoms with van der Waals surface area (Å²) in [6, 6.07) is 8.15. The van der Waals surface area contributed by atoms with Gasteiger partial charge >= 0.3 is 12.5 Å². The summed E-state index contributed by atoms with van der Waals surface area (Å²) in [6.07, 6.45) is -9.42. The number of alkyl halides is 7. The standard InChI is InChI=1S/C15H9BrF6O/c16-8-9-4-11(6-12(5-9)14(17,18)19)10-2-1-3-13(7-10)23-15(20,21)22/h1-7H,8H2. The van der Waals surface area contributed by atoms with Crippen LogP contribution in [0, 0.1) is 0 Å². The third-order valence-electron chi connectivity index (χ3n) is 2.88. The Morgan fingerprint density at radius 2 is 1.57 bits per heavy atom. The fourth-order valence-electron chi connectivity index (χ4n) is 1.97. The van der Waals surface area contributed by atoms with Crippen molar-refractivity contribution in [3.05, 3.63) is 53.6 Å². The third kappa shape index (κ3) is 4.89. The summed E-state index contributed by atoms with van der Waals surface area (Å²) in [5.74, 6) is -0.493. The average molecular weight is 399 g/mol. The molecular formula is C15H9BrF6O. The van der Waals surface area contributed by atoms with Crippen molar-refractivity contribution in [3.8, 4) is 16.9 Å². The van der Waals surface area contributed by atoms with Gasteiger partial charge in [0.25, 0.3) is 0 Å². The summed E-state index contributed by atoms with van der Waals surface area (Å²) < 4.78 is 79.2. The van der Waals surface area contributed by atoms with Crippen molar-refractivity contribution in [3.63, 3.8) is 0 Å². The van der Waals surface area contributed by atoms with E-state index in [1.165, 1.54) is 18.2 Å². The Balaban J connectivity index is 2.47. The van der Waals surface area contributed by atoms with E-state index < -0.39 is 23.9 Å². The summed E-state index contributed by atoms with van der Waals surface area (Å²) in [7, 11) is 0. The van der Waals surface area contributed by atoms with E-state index in [0.29, 0.717) is 5.56 Å². The number of halogens is 7. The van der Waals surface area contributed by atoms with E-state index in [4.69, 9.17) is 0 Å². The summed E-state index contributed by atoms with van der Waals surface area (Å²) in [5, 5.41) is 0.183. The van der Waals surface area contributed by atoms with Gasteiger partial charge in [-0.05, 0) is 41.0 Å². The quantitative estimate of drug-likeness (QED) is 0.444. The fraction of sp³-hybridized carbons (Fsp3) is 0.200. The van der Waals surface area contributed by atoms with Crippen LogP contribution in [-0.2, 0) is 11.5 Å². The smallest absolute Gasteiger partial charge is 0.406 e. The maximum atomic E-state index is 12.9. The van der Waals surface area contributed by atoms with Crippen molar-refractivity contribution in [1.82, 2.24) is 0 Å². The number of hydrogen-bond acceptors (Lipinski definition) is 1. The highest BCUT2D eigenvalue weighted by Crippen LogP contribution is 2.35. The summed E-state index contributed by atoms with van der Waals surface area (Å²) in [5.41, 5.74) is -0.162. The van der Waals surface area contributed by atoms with Crippen molar-refractivity contribution in [2.24, 2.45) is 0 Å². The topological polar surface area (TPSA) is 9.23 Å². The Morgan fingerprint density at radius 1 is 0.870 bits per heavy atom. The number of hydrogen-bond donors (Lipinski definition) is 0. The molecule has 23 heavy (non-hydrogen) atoms. The monoisotopic (exact) mass is 398 g/mol. The second kappa shape index (κ2) is 6.43. The first kappa shape index (κ1) is 17.7. The molecule has 0 saturated carbocycles. The van der Waals surface area contributed by atoms with Crippen LogP contribution in [0.5, 0.6) is 5.75 Å². The maximum absolute atomic E-state index is 12.9. The summed E-state index contributed by atoms with van der Waals surface area (Å²) in [4.78, 5) is 0. The highest BCUT2D eigenvalue weighted by Gasteiger charge is 2.32. The first-order chi connectivity index (χ1) is 10.6. The molecule has 0 heterocycles. The molecule has 0 spiro atoms. The Kier molecular flexibility index (Phi) is 4.93. The maximum Gasteiger partial charge on any atom is 0.573 e. The molecule has 1 nitrogen and oxygen atoms in total. The van der Waals surface area contributed by atoms with E-state index in [9.17, 15) is 26.3 Å². The van der Waals surface area contributed by atoms with E-state index in [1.807, 2.05) is 0 Å². The zero-order valence-electron chi connectivity index (χ0n) is 11.3. The van der Waals surface area contributed by atoms with Gasteiger partial charge in [0.2, 0.25) is 0 Å². The molecule has 0 atom stereocenters. The largest absolute Gasteiger partial charge is 0.573 e. The molecule has 0 aliphatic carbocycles. The molecule has 0 radical (unpaired) electrons. The molecule has 2 aromatic rings. The molecule has 0 N–H and O–H groups in total. The van der Waals surface area contributed by atoms with Crippen LogP contribution in [0.15, 0.2) is 42.5 Å². The van der Waals surface area contributed by atoms with E-state index in [0.717, 1.165) is 24.3 Å². The molecule has 0 unspecified atom stereocenters. The second-order valence-electron chi connectivity index (χ2n) is 4.63. The van der Waals surface area contributed by atoms with Crippen LogP contribution in [0.3, 0.4) is 0 Å². The van der Waals surface area contributed by atoms with Gasteiger partial charge in [-0.3, -0.25) is 0 Å². The molecule has 8 heteroatoms. The summed E-state index contributed by atoms with van der Waals surface area (Å²) >= 11 is 3.08. The van der Waals surface area contributed by atoms with E-state index in [-0.39, 0.29) is 16.5 Å². The lowest BCUT2D eigenvalue weighted by molar-refractivity contribution is -0.274. The minimum atomic E-state index is -4.87. The van der Waals surface area contributed by atoms with Gasteiger partial charge in [-0.25, -0.2) is 0 Å². The SMILES string of the molecule is FC(F)(F)Oc1cccc(-c2cc(CBr)cc(C(F)(F)F)c2)c1. The second-order valence-corrected chi connectivity index (χ2v) is 5.19. The third-order valence-corrected chi connectivity index (χ3v) is 3.52. The molecule has 0 aromatic heterocycles. The Hall–Kier alpha value is -1.70. The van der Waals surface area contributed by atoms with Gasteiger partial charge < -0.3 is 4.74 Å². The van der Waals surface area contributed by atoms with Crippen LogP contribution < -0.4 is 4.74 Å². The minimum absolute atomic E-state index is 0.155. The zero-order chi connectivity index (χ0) is 17.3. The fourth-order valence-corrected chi connectivity index (χ4v) is 2.30. The van der Waals surface area contributed by atoms with Crippen LogP contribution in [0.25, 0.3) is 11.1 Å². The zero-order valence-corrected chi connectivity index (χ0v) is 12.9. The normalized spacial score (nSPS) is 12.3. The van der Waals surface area contributed by atoms with Gasteiger partial charge in [0.1, 0.15) is 5.75 Å². The first-order valence-electron chi connectivity index (χ1n) is 6.22. The van der Waals surface area contributed by atoms with Crippen LogP contribution in [0.4, 0.5) is 26.3 Å². The number of ether oxygens (including phenoxy) is 1. The molecule has 0 saturated heterocycles. The van der Waals surface area contributed by atoms with Crippen molar-refractivity contribution in [2.75, 3.05) is 0 Å². The molecular weight excluding hydrogens is 390 g/mol. The lowest BCUT2D eigenvalue weighted by atomic mass is 10.00. The van der Waals surface area contributed by atoms with Crippen molar-refractivity contribution < 1.29 is 31.1 Å². The lowest BCUT2D eigenvalue weighted by Gasteiger charge is -2.13. The molecule has 0 amide bonds. The van der Waals surface area contributed by atoms with E-state index in [1.54, 1.807) is 0 Å². The van der Waals surface area contributed by atoms with Crippen LogP contribution >= 0.6 is 15.9 Å². The van der Waals surface area contributed by atoms with Gasteiger partial charge in [0.05, 0.1) is 5.56 Å². The number of rotatable bonds is 3. The van der Waals surface area contributed by atoms with Gasteiger partial charge in [-0.15, -0.1) is 13.2 Å². The summed E-state index contributed by atoms with van der Waals surface area (Å²) in [6.45, 7) is 0. The van der Waals surface area contributed by atoms with Crippen LogP contribution in [-0.4, -0.2) is 6.36 Å². The Morgan fingerprint density at radius 3 is 2.13 bits per heavy atom. The molecule has 0 aliphatic rings. The van der Waals surface area contributed by atoms with Gasteiger partial charge in [0, 0.05) is 5.33 Å². The Bertz CT molecular complexity index is 693. The minimum Gasteiger partial charge on any atom is -0.406 e. The highest BCUT2D eigenvalue weighted by molar-refractivity contribution is 9.08. The predicted molar refractivity (Wildman–Crippen MR) is 76.2 cm³/mol. The van der Waals surface area contributed by atoms with E-state index in [2.05, 4.69) is 20.7 Å². The first-order valence-corrected chi connectivity index (χ1v) is 7.34. The van der Waals surface area contributed by atoms with Crippen molar-refractivity contribution in [2.45, 2.75) is 17.9 Å². The predicted octanol–water partition coefficient (Wildman–Crippen LogP) is 6.17. The molecule has 0 bridgehead atoms. The van der Waals surface area contributed by atoms with Gasteiger partial charge in [0.15, 0.2) is 0 Å². The van der Waals surface area contributed by atoms with Crippen LogP contribution in [0.2, 0.25) is 0 Å². The number of benzene rings is 2. The molecule has 2 rings (SSSR count). The molecule has 0 aliphatic heterocycles. The van der Waals surface area contributed by atoms with E-state index >= 15 is 0 Å². The van der Waals surface area contributed by atoms with Gasteiger partial charge in [-0.2, -0.15) is 13.2 Å². The molecule has 0 fully saturated rings. The van der Waals surface area contributed by atoms with Crippen molar-refractivity contribution >= 4 is 15.9 Å². The molecule has 124 valence electrons. The average Bonchev–Trinajstić information content (AvgIpc) is 2.44. The van der Waals surface area contributed by atoms with Crippen LogP contribution in [0.1, 0.15) is 11.1 Å².